The van der Waals surface area contributed by atoms with Crippen LogP contribution in [0.25, 0.3) is 39.1 Å². The van der Waals surface area contributed by atoms with Crippen LogP contribution in [0.3, 0.4) is 0 Å². The minimum absolute atomic E-state index is 0.801. The molecule has 0 radical (unpaired) electrons. The Hall–Kier alpha value is -3.67. The highest BCUT2D eigenvalue weighted by Gasteiger charge is 2.20. The first-order valence-electron chi connectivity index (χ1n) is 9.14. The summed E-state index contributed by atoms with van der Waals surface area (Å²) in [6.07, 6.45) is 3.62. The SMILES string of the molecule is Cc1cnn(-c2ccccc2)c1-c1cc(-c2c(C)noc2C)cc2[nH]cnc12. The van der Waals surface area contributed by atoms with Crippen molar-refractivity contribution >= 4 is 11.0 Å². The van der Waals surface area contributed by atoms with Crippen LogP contribution in [0, 0.1) is 20.8 Å². The molecule has 0 amide bonds. The molecule has 0 fully saturated rings. The van der Waals surface area contributed by atoms with E-state index in [4.69, 9.17) is 4.52 Å². The molecule has 5 rings (SSSR count). The number of rotatable bonds is 3. The molecule has 0 unspecified atom stereocenters. The summed E-state index contributed by atoms with van der Waals surface area (Å²) in [5, 5.41) is 8.75. The second kappa shape index (κ2) is 6.20. The van der Waals surface area contributed by atoms with Crippen molar-refractivity contribution in [1.29, 1.82) is 0 Å². The summed E-state index contributed by atoms with van der Waals surface area (Å²) in [6.45, 7) is 5.97. The fourth-order valence-corrected chi connectivity index (χ4v) is 3.79. The minimum atomic E-state index is 0.801. The number of nitrogens with zero attached hydrogens (tertiary/aromatic N) is 4. The van der Waals surface area contributed by atoms with Gasteiger partial charge in [0, 0.05) is 11.1 Å². The van der Waals surface area contributed by atoms with Crippen LogP contribution in [-0.4, -0.2) is 24.9 Å². The van der Waals surface area contributed by atoms with Crippen LogP contribution < -0.4 is 0 Å². The zero-order valence-corrected chi connectivity index (χ0v) is 15.9. The standard InChI is InChI=1S/C22H19N5O/c1-13-11-25-27(17-7-5-4-6-8-17)22(13)18-9-16(10-19-21(18)24-12-23-19)20-14(2)26-28-15(20)3/h4-12H,1-3H3,(H,23,24). The van der Waals surface area contributed by atoms with E-state index in [1.807, 2.05) is 42.9 Å². The van der Waals surface area contributed by atoms with Gasteiger partial charge in [0.25, 0.3) is 0 Å². The highest BCUT2D eigenvalue weighted by Crippen LogP contribution is 2.37. The maximum Gasteiger partial charge on any atom is 0.141 e. The van der Waals surface area contributed by atoms with Crippen molar-refractivity contribution in [3.05, 3.63) is 72.0 Å². The molecule has 0 bridgehead atoms. The summed E-state index contributed by atoms with van der Waals surface area (Å²) in [6, 6.07) is 14.4. The summed E-state index contributed by atoms with van der Waals surface area (Å²) < 4.78 is 7.37. The molecule has 1 N–H and O–H groups in total. The maximum atomic E-state index is 5.40. The number of hydrogen-bond acceptors (Lipinski definition) is 4. The van der Waals surface area contributed by atoms with Gasteiger partial charge in [0.1, 0.15) is 5.76 Å². The third kappa shape index (κ3) is 2.45. The summed E-state index contributed by atoms with van der Waals surface area (Å²) in [5.74, 6) is 0.801. The lowest BCUT2D eigenvalue weighted by Gasteiger charge is -2.12. The number of hydrogen-bond donors (Lipinski definition) is 1. The molecular formula is C22H19N5O. The molecule has 5 aromatic rings. The smallest absolute Gasteiger partial charge is 0.141 e. The maximum absolute atomic E-state index is 5.40. The molecule has 138 valence electrons. The molecule has 6 nitrogen and oxygen atoms in total. The van der Waals surface area contributed by atoms with Gasteiger partial charge in [0.05, 0.1) is 40.6 Å². The summed E-state index contributed by atoms with van der Waals surface area (Å²) in [7, 11) is 0. The van der Waals surface area contributed by atoms with E-state index in [-0.39, 0.29) is 0 Å². The Labute approximate surface area is 161 Å². The molecule has 0 spiro atoms. The highest BCUT2D eigenvalue weighted by molar-refractivity contribution is 5.96. The van der Waals surface area contributed by atoms with Crippen molar-refractivity contribution < 1.29 is 4.52 Å². The number of benzene rings is 2. The van der Waals surface area contributed by atoms with Crippen LogP contribution in [0.5, 0.6) is 0 Å². The quantitative estimate of drug-likeness (QED) is 0.486. The predicted octanol–water partition coefficient (Wildman–Crippen LogP) is 5.00. The fourth-order valence-electron chi connectivity index (χ4n) is 3.79. The Morgan fingerprint density at radius 2 is 1.86 bits per heavy atom. The van der Waals surface area contributed by atoms with Crippen LogP contribution in [0.1, 0.15) is 17.0 Å². The Bertz CT molecular complexity index is 1270. The normalized spacial score (nSPS) is 11.4. The Morgan fingerprint density at radius 3 is 2.61 bits per heavy atom. The molecule has 3 heterocycles. The van der Waals surface area contributed by atoms with Gasteiger partial charge >= 0.3 is 0 Å². The lowest BCUT2D eigenvalue weighted by molar-refractivity contribution is 0.393. The minimum Gasteiger partial charge on any atom is -0.361 e. The third-order valence-corrected chi connectivity index (χ3v) is 5.05. The van der Waals surface area contributed by atoms with Crippen molar-refractivity contribution in [2.75, 3.05) is 0 Å². The van der Waals surface area contributed by atoms with Crippen LogP contribution in [0.2, 0.25) is 0 Å². The molecule has 2 aromatic carbocycles. The molecular weight excluding hydrogens is 350 g/mol. The second-order valence-corrected chi connectivity index (χ2v) is 6.95. The van der Waals surface area contributed by atoms with E-state index >= 15 is 0 Å². The molecule has 6 heteroatoms. The van der Waals surface area contributed by atoms with Gasteiger partial charge in [-0.3, -0.25) is 0 Å². The largest absolute Gasteiger partial charge is 0.361 e. The van der Waals surface area contributed by atoms with Gasteiger partial charge in [0.15, 0.2) is 0 Å². The van der Waals surface area contributed by atoms with Crippen molar-refractivity contribution in [2.24, 2.45) is 0 Å². The van der Waals surface area contributed by atoms with Gasteiger partial charge in [0.2, 0.25) is 0 Å². The van der Waals surface area contributed by atoms with Gasteiger partial charge in [-0.05, 0) is 56.2 Å². The van der Waals surface area contributed by atoms with Crippen molar-refractivity contribution in [3.63, 3.8) is 0 Å². The highest BCUT2D eigenvalue weighted by atomic mass is 16.5. The lowest BCUT2D eigenvalue weighted by Crippen LogP contribution is -2.00. The van der Waals surface area contributed by atoms with Crippen molar-refractivity contribution in [2.45, 2.75) is 20.8 Å². The van der Waals surface area contributed by atoms with E-state index in [2.05, 4.69) is 51.4 Å². The molecule has 0 aliphatic carbocycles. The summed E-state index contributed by atoms with van der Waals surface area (Å²) in [5.41, 5.74) is 8.95. The number of para-hydroxylation sites is 1. The van der Waals surface area contributed by atoms with Gasteiger partial charge < -0.3 is 9.51 Å². The van der Waals surface area contributed by atoms with Crippen molar-refractivity contribution in [3.8, 4) is 28.1 Å². The second-order valence-electron chi connectivity index (χ2n) is 6.95. The molecule has 0 aliphatic heterocycles. The third-order valence-electron chi connectivity index (χ3n) is 5.05. The molecule has 3 aromatic heterocycles. The average Bonchev–Trinajstić information content (AvgIpc) is 3.40. The van der Waals surface area contributed by atoms with E-state index in [9.17, 15) is 0 Å². The Kier molecular flexibility index (Phi) is 3.65. The number of nitrogens with one attached hydrogen (secondary N) is 1. The first-order chi connectivity index (χ1) is 13.6. The van der Waals surface area contributed by atoms with Gasteiger partial charge in [-0.15, -0.1) is 0 Å². The monoisotopic (exact) mass is 369 g/mol. The van der Waals surface area contributed by atoms with Crippen LogP contribution >= 0.6 is 0 Å². The van der Waals surface area contributed by atoms with E-state index in [0.29, 0.717) is 0 Å². The number of H-pyrrole nitrogens is 1. The molecule has 0 aliphatic rings. The van der Waals surface area contributed by atoms with E-state index in [0.717, 1.165) is 56.1 Å². The van der Waals surface area contributed by atoms with E-state index < -0.39 is 0 Å². The van der Waals surface area contributed by atoms with Crippen LogP contribution in [-0.2, 0) is 0 Å². The van der Waals surface area contributed by atoms with Gasteiger partial charge in [-0.1, -0.05) is 23.4 Å². The predicted molar refractivity (Wildman–Crippen MR) is 108 cm³/mol. The average molecular weight is 369 g/mol. The Morgan fingerprint density at radius 1 is 1.04 bits per heavy atom. The zero-order valence-electron chi connectivity index (χ0n) is 15.9. The fraction of sp³-hybridized carbons (Fsp3) is 0.136. The van der Waals surface area contributed by atoms with Gasteiger partial charge in [-0.25, -0.2) is 9.67 Å². The number of aromatic amines is 1. The topological polar surface area (TPSA) is 72.5 Å². The van der Waals surface area contributed by atoms with Crippen LogP contribution in [0.4, 0.5) is 0 Å². The number of aromatic nitrogens is 5. The zero-order chi connectivity index (χ0) is 19.3. The Balaban J connectivity index is 1.82. The first kappa shape index (κ1) is 16.5. The van der Waals surface area contributed by atoms with Crippen LogP contribution in [0.15, 0.2) is 59.5 Å². The van der Waals surface area contributed by atoms with E-state index in [1.54, 1.807) is 6.33 Å². The number of aryl methyl sites for hydroxylation is 3. The number of imidazole rings is 1. The van der Waals surface area contributed by atoms with E-state index in [1.165, 1.54) is 0 Å². The molecule has 0 saturated carbocycles. The van der Waals surface area contributed by atoms with Gasteiger partial charge in [-0.2, -0.15) is 5.10 Å². The molecule has 0 atom stereocenters. The first-order valence-corrected chi connectivity index (χ1v) is 9.14. The number of fused-ring (bicyclic) bond motifs is 1. The molecule has 0 saturated heterocycles. The lowest BCUT2D eigenvalue weighted by atomic mass is 9.97. The summed E-state index contributed by atoms with van der Waals surface area (Å²) >= 11 is 0. The van der Waals surface area contributed by atoms with Crippen molar-refractivity contribution in [1.82, 2.24) is 24.9 Å². The summed E-state index contributed by atoms with van der Waals surface area (Å²) in [4.78, 5) is 7.83. The molecule has 28 heavy (non-hydrogen) atoms.